The highest BCUT2D eigenvalue weighted by molar-refractivity contribution is 7.17. The normalized spacial score (nSPS) is 12.9. The second-order valence-electron chi connectivity index (χ2n) is 5.26. The van der Waals surface area contributed by atoms with E-state index in [1.54, 1.807) is 11.3 Å². The van der Waals surface area contributed by atoms with Crippen molar-refractivity contribution < 1.29 is 0 Å². The van der Waals surface area contributed by atoms with Gasteiger partial charge in [0.25, 0.3) is 0 Å². The summed E-state index contributed by atoms with van der Waals surface area (Å²) in [5.74, 6) is 0. The summed E-state index contributed by atoms with van der Waals surface area (Å²) in [6.07, 6.45) is 2.11. The summed E-state index contributed by atoms with van der Waals surface area (Å²) in [6.45, 7) is 5.32. The molecule has 0 aliphatic carbocycles. The molecule has 0 fully saturated rings. The lowest BCUT2D eigenvalue weighted by Crippen LogP contribution is -2.24. The molecule has 0 radical (unpaired) electrons. The van der Waals surface area contributed by atoms with Crippen LogP contribution >= 0.6 is 22.7 Å². The summed E-state index contributed by atoms with van der Waals surface area (Å²) in [5.41, 5.74) is 2.61. The number of nitrogens with zero attached hydrogens (tertiary/aromatic N) is 1. The van der Waals surface area contributed by atoms with Gasteiger partial charge < -0.3 is 5.32 Å². The maximum atomic E-state index is 4.63. The first kappa shape index (κ1) is 14.7. The molecule has 1 aromatic carbocycles. The zero-order chi connectivity index (χ0) is 14.7. The lowest BCUT2D eigenvalue weighted by Gasteiger charge is -2.17. The van der Waals surface area contributed by atoms with Gasteiger partial charge in [0, 0.05) is 22.5 Å². The molecule has 2 nitrogen and oxygen atoms in total. The lowest BCUT2D eigenvalue weighted by atomic mass is 10.0. The van der Waals surface area contributed by atoms with Crippen molar-refractivity contribution in [1.82, 2.24) is 10.3 Å². The molecule has 0 saturated carbocycles. The second kappa shape index (κ2) is 6.69. The molecule has 2 aromatic heterocycles. The van der Waals surface area contributed by atoms with E-state index in [-0.39, 0.29) is 0 Å². The molecule has 4 heteroatoms. The predicted octanol–water partition coefficient (Wildman–Crippen LogP) is 4.95. The van der Waals surface area contributed by atoms with Crippen LogP contribution in [0.15, 0.2) is 35.0 Å². The van der Waals surface area contributed by atoms with Gasteiger partial charge in [-0.2, -0.15) is 0 Å². The Hall–Kier alpha value is -1.23. The van der Waals surface area contributed by atoms with Crippen LogP contribution in [0.4, 0.5) is 0 Å². The van der Waals surface area contributed by atoms with Crippen molar-refractivity contribution in [3.05, 3.63) is 51.3 Å². The fourth-order valence-corrected chi connectivity index (χ4v) is 4.23. The standard InChI is InChI=1S/C17H20N2S2/c1-3-8-18-16(9-13-10-20-12(2)19-13)15-11-21-17-7-5-4-6-14(15)17/h4-7,10-11,16,18H,3,8-9H2,1-2H3. The molecule has 2 heterocycles. The third-order valence-electron chi connectivity index (χ3n) is 3.61. The fourth-order valence-electron chi connectivity index (χ4n) is 2.59. The molecular formula is C17H20N2S2. The number of nitrogens with one attached hydrogen (secondary N) is 1. The Kier molecular flexibility index (Phi) is 4.68. The Morgan fingerprint density at radius 3 is 2.81 bits per heavy atom. The number of thiophene rings is 1. The smallest absolute Gasteiger partial charge is 0.0897 e. The van der Waals surface area contributed by atoms with E-state index in [2.05, 4.69) is 59.2 Å². The minimum atomic E-state index is 0.350. The summed E-state index contributed by atoms with van der Waals surface area (Å²) in [5, 5.41) is 10.7. The van der Waals surface area contributed by atoms with E-state index in [4.69, 9.17) is 0 Å². The minimum absolute atomic E-state index is 0.350. The Labute approximate surface area is 133 Å². The van der Waals surface area contributed by atoms with E-state index >= 15 is 0 Å². The van der Waals surface area contributed by atoms with Gasteiger partial charge in [-0.25, -0.2) is 4.98 Å². The summed E-state index contributed by atoms with van der Waals surface area (Å²) < 4.78 is 1.37. The molecule has 110 valence electrons. The van der Waals surface area contributed by atoms with Crippen LogP contribution in [-0.4, -0.2) is 11.5 Å². The van der Waals surface area contributed by atoms with Gasteiger partial charge >= 0.3 is 0 Å². The average molecular weight is 316 g/mol. The first-order valence-corrected chi connectivity index (χ1v) is 9.14. The molecule has 0 aliphatic rings. The van der Waals surface area contributed by atoms with Crippen molar-refractivity contribution >= 4 is 32.8 Å². The van der Waals surface area contributed by atoms with Gasteiger partial charge in [-0.1, -0.05) is 25.1 Å². The number of thiazole rings is 1. The number of aryl methyl sites for hydroxylation is 1. The van der Waals surface area contributed by atoms with Crippen molar-refractivity contribution in [1.29, 1.82) is 0 Å². The number of hydrogen-bond donors (Lipinski definition) is 1. The van der Waals surface area contributed by atoms with E-state index < -0.39 is 0 Å². The summed E-state index contributed by atoms with van der Waals surface area (Å²) in [7, 11) is 0. The third kappa shape index (κ3) is 3.34. The van der Waals surface area contributed by atoms with Gasteiger partial charge in [0.15, 0.2) is 0 Å². The molecule has 0 bridgehead atoms. The topological polar surface area (TPSA) is 24.9 Å². The molecule has 0 aliphatic heterocycles. The van der Waals surface area contributed by atoms with Gasteiger partial charge in [-0.15, -0.1) is 22.7 Å². The van der Waals surface area contributed by atoms with Crippen molar-refractivity contribution in [3.8, 4) is 0 Å². The molecule has 3 rings (SSSR count). The van der Waals surface area contributed by atoms with Crippen molar-refractivity contribution in [2.75, 3.05) is 6.54 Å². The van der Waals surface area contributed by atoms with Crippen LogP contribution in [0.1, 0.15) is 35.7 Å². The SMILES string of the molecule is CCCNC(Cc1csc(C)n1)c1csc2ccccc12. The highest BCUT2D eigenvalue weighted by atomic mass is 32.1. The minimum Gasteiger partial charge on any atom is -0.310 e. The molecule has 0 spiro atoms. The van der Waals surface area contributed by atoms with Crippen molar-refractivity contribution in [2.24, 2.45) is 0 Å². The van der Waals surface area contributed by atoms with Crippen molar-refractivity contribution in [2.45, 2.75) is 32.7 Å². The average Bonchev–Trinajstić information content (AvgIpc) is 3.09. The lowest BCUT2D eigenvalue weighted by molar-refractivity contribution is 0.529. The number of hydrogen-bond acceptors (Lipinski definition) is 4. The first-order valence-electron chi connectivity index (χ1n) is 7.38. The van der Waals surface area contributed by atoms with Crippen LogP contribution in [0.5, 0.6) is 0 Å². The van der Waals surface area contributed by atoms with E-state index in [0.717, 1.165) is 24.4 Å². The fraction of sp³-hybridized carbons (Fsp3) is 0.353. The Balaban J connectivity index is 1.91. The Bertz CT molecular complexity index is 714. The van der Waals surface area contributed by atoms with Crippen LogP contribution < -0.4 is 5.32 Å². The maximum Gasteiger partial charge on any atom is 0.0897 e. The van der Waals surface area contributed by atoms with E-state index in [0.29, 0.717) is 6.04 Å². The first-order chi connectivity index (χ1) is 10.3. The third-order valence-corrected chi connectivity index (χ3v) is 5.41. The summed E-state index contributed by atoms with van der Waals surface area (Å²) in [6, 6.07) is 9.02. The van der Waals surface area contributed by atoms with Gasteiger partial charge in [0.05, 0.1) is 10.7 Å². The van der Waals surface area contributed by atoms with Gasteiger partial charge in [-0.05, 0) is 42.3 Å². The Morgan fingerprint density at radius 2 is 2.05 bits per heavy atom. The highest BCUT2D eigenvalue weighted by Gasteiger charge is 2.17. The predicted molar refractivity (Wildman–Crippen MR) is 93.4 cm³/mol. The maximum absolute atomic E-state index is 4.63. The molecule has 1 unspecified atom stereocenters. The van der Waals surface area contributed by atoms with Crippen LogP contribution in [0.25, 0.3) is 10.1 Å². The second-order valence-corrected chi connectivity index (χ2v) is 7.23. The zero-order valence-electron chi connectivity index (χ0n) is 12.4. The number of benzene rings is 1. The molecular weight excluding hydrogens is 296 g/mol. The van der Waals surface area contributed by atoms with Crippen LogP contribution in [-0.2, 0) is 6.42 Å². The number of aromatic nitrogens is 1. The largest absolute Gasteiger partial charge is 0.310 e. The van der Waals surface area contributed by atoms with E-state index in [1.165, 1.54) is 21.3 Å². The Morgan fingerprint density at radius 1 is 1.19 bits per heavy atom. The molecule has 1 N–H and O–H groups in total. The molecule has 0 saturated heterocycles. The molecule has 3 aromatic rings. The van der Waals surface area contributed by atoms with E-state index in [1.807, 2.05) is 11.3 Å². The van der Waals surface area contributed by atoms with Crippen LogP contribution in [0, 0.1) is 6.92 Å². The zero-order valence-corrected chi connectivity index (χ0v) is 14.1. The number of fused-ring (bicyclic) bond motifs is 1. The quantitative estimate of drug-likeness (QED) is 0.696. The summed E-state index contributed by atoms with van der Waals surface area (Å²) >= 11 is 3.57. The van der Waals surface area contributed by atoms with Gasteiger partial charge in [-0.3, -0.25) is 0 Å². The number of rotatable bonds is 6. The molecule has 21 heavy (non-hydrogen) atoms. The van der Waals surface area contributed by atoms with Crippen LogP contribution in [0.2, 0.25) is 0 Å². The summed E-state index contributed by atoms with van der Waals surface area (Å²) in [4.78, 5) is 4.63. The van der Waals surface area contributed by atoms with Gasteiger partial charge in [0.1, 0.15) is 0 Å². The van der Waals surface area contributed by atoms with Crippen LogP contribution in [0.3, 0.4) is 0 Å². The molecule has 1 atom stereocenters. The highest BCUT2D eigenvalue weighted by Crippen LogP contribution is 2.32. The van der Waals surface area contributed by atoms with Crippen molar-refractivity contribution in [3.63, 3.8) is 0 Å². The van der Waals surface area contributed by atoms with E-state index in [9.17, 15) is 0 Å². The molecule has 0 amide bonds. The monoisotopic (exact) mass is 316 g/mol. The van der Waals surface area contributed by atoms with Gasteiger partial charge in [0.2, 0.25) is 0 Å².